The molecule has 1 aliphatic rings. The van der Waals surface area contributed by atoms with Crippen LogP contribution in [0.2, 0.25) is 0 Å². The van der Waals surface area contributed by atoms with Crippen LogP contribution in [0.25, 0.3) is 0 Å². The van der Waals surface area contributed by atoms with Gasteiger partial charge in [0, 0.05) is 25.2 Å². The maximum absolute atomic E-state index is 12.1. The Hall–Kier alpha value is -1.62. The van der Waals surface area contributed by atoms with Gasteiger partial charge in [-0.2, -0.15) is 0 Å². The lowest BCUT2D eigenvalue weighted by Gasteiger charge is -2.17. The first-order valence-corrected chi connectivity index (χ1v) is 6.29. The van der Waals surface area contributed by atoms with Gasteiger partial charge in [0.05, 0.1) is 5.69 Å². The van der Waals surface area contributed by atoms with E-state index in [2.05, 4.69) is 5.32 Å². The van der Waals surface area contributed by atoms with Gasteiger partial charge in [0.1, 0.15) is 0 Å². The molecule has 2 rings (SSSR count). The van der Waals surface area contributed by atoms with Crippen molar-refractivity contribution in [1.29, 1.82) is 0 Å². The molecule has 3 N–H and O–H groups in total. The molecule has 18 heavy (non-hydrogen) atoms. The first-order chi connectivity index (χ1) is 8.61. The van der Waals surface area contributed by atoms with E-state index in [1.54, 1.807) is 19.3 Å². The minimum Gasteiger partial charge on any atom is -0.330 e. The summed E-state index contributed by atoms with van der Waals surface area (Å²) in [6, 6.07) is 3.08. The lowest BCUT2D eigenvalue weighted by Crippen LogP contribution is -2.30. The second-order valence-corrected chi connectivity index (χ2v) is 4.89. The van der Waals surface area contributed by atoms with Gasteiger partial charge < -0.3 is 15.6 Å². The molecule has 1 heterocycles. The molecule has 0 aliphatic heterocycles. The van der Waals surface area contributed by atoms with Gasteiger partial charge in [-0.3, -0.25) is 9.59 Å². The van der Waals surface area contributed by atoms with Gasteiger partial charge >= 0.3 is 0 Å². The number of nitrogens with one attached hydrogen (secondary N) is 1. The molecule has 2 atom stereocenters. The second kappa shape index (κ2) is 5.35. The predicted octanol–water partition coefficient (Wildman–Crippen LogP) is 0.699. The maximum atomic E-state index is 12.1. The van der Waals surface area contributed by atoms with Crippen LogP contribution in [0.5, 0.6) is 0 Å². The third-order valence-electron chi connectivity index (χ3n) is 3.65. The Bertz CT molecular complexity index is 495. The first kappa shape index (κ1) is 12.8. The summed E-state index contributed by atoms with van der Waals surface area (Å²) >= 11 is 0. The average molecular weight is 249 g/mol. The van der Waals surface area contributed by atoms with E-state index >= 15 is 0 Å². The number of amides is 1. The van der Waals surface area contributed by atoms with Crippen molar-refractivity contribution in [2.45, 2.75) is 19.3 Å². The molecule has 0 aromatic carbocycles. The SMILES string of the molecule is Cn1cc(NC(=O)[C@@H]2CCC[C@@H]2CN)ccc1=O. The standard InChI is InChI=1S/C13H19N3O2/c1-16-8-10(5-6-12(16)17)15-13(18)11-4-2-3-9(11)7-14/h5-6,8-9,11H,2-4,7,14H2,1H3,(H,15,18)/t9-,11-/m1/s1. The smallest absolute Gasteiger partial charge is 0.250 e. The zero-order valence-corrected chi connectivity index (χ0v) is 10.6. The molecule has 98 valence electrons. The predicted molar refractivity (Wildman–Crippen MR) is 70.2 cm³/mol. The Balaban J connectivity index is 2.06. The number of carbonyl (C=O) groups excluding carboxylic acids is 1. The van der Waals surface area contributed by atoms with Gasteiger partial charge in [-0.1, -0.05) is 6.42 Å². The van der Waals surface area contributed by atoms with Crippen molar-refractivity contribution in [3.8, 4) is 0 Å². The summed E-state index contributed by atoms with van der Waals surface area (Å²) in [5.74, 6) is 0.311. The zero-order chi connectivity index (χ0) is 13.1. The lowest BCUT2D eigenvalue weighted by atomic mass is 9.95. The quantitative estimate of drug-likeness (QED) is 0.827. The van der Waals surface area contributed by atoms with Crippen LogP contribution in [0.4, 0.5) is 5.69 Å². The van der Waals surface area contributed by atoms with E-state index in [1.807, 2.05) is 0 Å². The highest BCUT2D eigenvalue weighted by Crippen LogP contribution is 2.31. The van der Waals surface area contributed by atoms with Crippen LogP contribution in [-0.4, -0.2) is 17.0 Å². The van der Waals surface area contributed by atoms with E-state index in [0.717, 1.165) is 19.3 Å². The summed E-state index contributed by atoms with van der Waals surface area (Å²) in [6.07, 6.45) is 4.63. The molecule has 1 amide bonds. The van der Waals surface area contributed by atoms with E-state index in [9.17, 15) is 9.59 Å². The fourth-order valence-electron chi connectivity index (χ4n) is 2.57. The molecule has 5 nitrogen and oxygen atoms in total. The fourth-order valence-corrected chi connectivity index (χ4v) is 2.57. The number of pyridine rings is 1. The maximum Gasteiger partial charge on any atom is 0.250 e. The van der Waals surface area contributed by atoms with E-state index in [0.29, 0.717) is 12.2 Å². The van der Waals surface area contributed by atoms with E-state index in [-0.39, 0.29) is 23.3 Å². The first-order valence-electron chi connectivity index (χ1n) is 6.29. The van der Waals surface area contributed by atoms with E-state index in [4.69, 9.17) is 5.73 Å². The summed E-state index contributed by atoms with van der Waals surface area (Å²) in [5.41, 5.74) is 6.24. The summed E-state index contributed by atoms with van der Waals surface area (Å²) in [6.45, 7) is 0.561. The van der Waals surface area contributed by atoms with Gasteiger partial charge in [-0.25, -0.2) is 0 Å². The minimum absolute atomic E-state index is 0.00670. The fraction of sp³-hybridized carbons (Fsp3) is 0.538. The minimum atomic E-state index is -0.0892. The zero-order valence-electron chi connectivity index (χ0n) is 10.6. The molecule has 1 aromatic heterocycles. The van der Waals surface area contributed by atoms with Gasteiger partial charge in [0.25, 0.3) is 0 Å². The molecule has 0 spiro atoms. The van der Waals surface area contributed by atoms with Crippen molar-refractivity contribution in [2.24, 2.45) is 24.6 Å². The summed E-state index contributed by atoms with van der Waals surface area (Å²) in [7, 11) is 1.66. The molecule has 0 unspecified atom stereocenters. The Morgan fingerprint density at radius 2 is 2.28 bits per heavy atom. The monoisotopic (exact) mass is 249 g/mol. The Morgan fingerprint density at radius 1 is 1.50 bits per heavy atom. The number of aryl methyl sites for hydroxylation is 1. The molecule has 1 aliphatic carbocycles. The third kappa shape index (κ3) is 2.61. The van der Waals surface area contributed by atoms with Crippen LogP contribution in [0, 0.1) is 11.8 Å². The van der Waals surface area contributed by atoms with Crippen molar-refractivity contribution in [1.82, 2.24) is 4.57 Å². The van der Waals surface area contributed by atoms with Crippen LogP contribution in [0.1, 0.15) is 19.3 Å². The van der Waals surface area contributed by atoms with Gasteiger partial charge in [0.15, 0.2) is 0 Å². The van der Waals surface area contributed by atoms with E-state index in [1.165, 1.54) is 10.6 Å². The number of nitrogens with two attached hydrogens (primary N) is 1. The van der Waals surface area contributed by atoms with Crippen LogP contribution in [0.3, 0.4) is 0 Å². The molecular weight excluding hydrogens is 230 g/mol. The Labute approximate surface area is 106 Å². The molecule has 1 saturated carbocycles. The molecular formula is C13H19N3O2. The van der Waals surface area contributed by atoms with Gasteiger partial charge in [-0.05, 0) is 31.4 Å². The number of carbonyl (C=O) groups is 1. The topological polar surface area (TPSA) is 77.1 Å². The van der Waals surface area contributed by atoms with Crippen molar-refractivity contribution < 1.29 is 4.79 Å². The van der Waals surface area contributed by atoms with Crippen molar-refractivity contribution in [3.05, 3.63) is 28.7 Å². The Kier molecular flexibility index (Phi) is 3.81. The van der Waals surface area contributed by atoms with Gasteiger partial charge in [-0.15, -0.1) is 0 Å². The van der Waals surface area contributed by atoms with Crippen LogP contribution >= 0.6 is 0 Å². The van der Waals surface area contributed by atoms with Gasteiger partial charge in [0.2, 0.25) is 11.5 Å². The second-order valence-electron chi connectivity index (χ2n) is 4.89. The highest BCUT2D eigenvalue weighted by Gasteiger charge is 2.31. The number of anilines is 1. The number of hydrogen-bond acceptors (Lipinski definition) is 3. The molecule has 0 radical (unpaired) electrons. The number of hydrogen-bond donors (Lipinski definition) is 2. The van der Waals surface area contributed by atoms with Crippen molar-refractivity contribution >= 4 is 11.6 Å². The highest BCUT2D eigenvalue weighted by atomic mass is 16.2. The summed E-state index contributed by atoms with van der Waals surface area (Å²) < 4.78 is 1.45. The third-order valence-corrected chi connectivity index (χ3v) is 3.65. The van der Waals surface area contributed by atoms with E-state index < -0.39 is 0 Å². The molecule has 0 bridgehead atoms. The number of rotatable bonds is 3. The molecule has 0 saturated heterocycles. The average Bonchev–Trinajstić information content (AvgIpc) is 2.82. The number of aromatic nitrogens is 1. The summed E-state index contributed by atoms with van der Waals surface area (Å²) in [4.78, 5) is 23.4. The van der Waals surface area contributed by atoms with Crippen LogP contribution in [-0.2, 0) is 11.8 Å². The van der Waals surface area contributed by atoms with Crippen LogP contribution < -0.4 is 16.6 Å². The molecule has 1 aromatic rings. The Morgan fingerprint density at radius 3 is 2.94 bits per heavy atom. The van der Waals surface area contributed by atoms with Crippen LogP contribution in [0.15, 0.2) is 23.1 Å². The highest BCUT2D eigenvalue weighted by molar-refractivity contribution is 5.92. The molecule has 1 fully saturated rings. The normalized spacial score (nSPS) is 23.0. The molecule has 5 heteroatoms. The lowest BCUT2D eigenvalue weighted by molar-refractivity contribution is -0.120. The largest absolute Gasteiger partial charge is 0.330 e. The number of nitrogens with zero attached hydrogens (tertiary/aromatic N) is 1. The van der Waals surface area contributed by atoms with Crippen molar-refractivity contribution in [3.63, 3.8) is 0 Å². The van der Waals surface area contributed by atoms with Crippen molar-refractivity contribution in [2.75, 3.05) is 11.9 Å². The summed E-state index contributed by atoms with van der Waals surface area (Å²) in [5, 5.41) is 2.86.